The normalized spacial score (nSPS) is 42.9. The Morgan fingerprint density at radius 2 is 2.00 bits per heavy atom. The minimum atomic E-state index is -1.02. The van der Waals surface area contributed by atoms with Gasteiger partial charge in [-0.05, 0) is 39.3 Å². The molecule has 0 bridgehead atoms. The van der Waals surface area contributed by atoms with Crippen LogP contribution in [0.1, 0.15) is 25.7 Å². The molecule has 14 heteroatoms. The second kappa shape index (κ2) is 11.7. The van der Waals surface area contributed by atoms with Crippen LogP contribution in [0.15, 0.2) is 0 Å². The summed E-state index contributed by atoms with van der Waals surface area (Å²) in [7, 11) is 1.94. The summed E-state index contributed by atoms with van der Waals surface area (Å²) in [6, 6.07) is -0.0737. The van der Waals surface area contributed by atoms with Crippen LogP contribution in [0.2, 0.25) is 0 Å². The lowest BCUT2D eigenvalue weighted by molar-refractivity contribution is -0.106. The molecule has 4 saturated heterocycles. The number of nitrogens with two attached hydrogens (primary N) is 1. The summed E-state index contributed by atoms with van der Waals surface area (Å²) >= 11 is 0. The van der Waals surface area contributed by atoms with Crippen LogP contribution in [0.25, 0.3) is 0 Å². The predicted octanol–water partition coefficient (Wildman–Crippen LogP) is -3.66. The molecule has 5 fully saturated rings. The number of aliphatic hydroxyl groups is 2. The van der Waals surface area contributed by atoms with Crippen molar-refractivity contribution in [2.75, 3.05) is 46.8 Å². The molecule has 1 saturated carbocycles. The molecular formula is C22H42N8O6. The van der Waals surface area contributed by atoms with Gasteiger partial charge < -0.3 is 45.7 Å². The number of fused-ring (bicyclic) bond motifs is 2. The molecule has 14 nitrogen and oxygen atoms in total. The SMILES string of the molecule is CN(CCCNC(=O)NC1CCC2OCOC2C1)C[C@H]1O[C@@H](N2CNC3C(N)NCNC32)[C@H](O)[C@@H]1O. The van der Waals surface area contributed by atoms with Gasteiger partial charge in [0.05, 0.1) is 37.3 Å². The summed E-state index contributed by atoms with van der Waals surface area (Å²) < 4.78 is 17.2. The van der Waals surface area contributed by atoms with E-state index in [0.29, 0.717) is 39.8 Å². The summed E-state index contributed by atoms with van der Waals surface area (Å²) in [4.78, 5) is 16.3. The lowest BCUT2D eigenvalue weighted by atomic mass is 9.91. The molecular weight excluding hydrogens is 472 g/mol. The monoisotopic (exact) mass is 514 g/mol. The molecule has 10 atom stereocenters. The zero-order chi connectivity index (χ0) is 25.2. The number of nitrogens with one attached hydrogen (secondary N) is 5. The van der Waals surface area contributed by atoms with Crippen LogP contribution in [-0.4, -0.2) is 134 Å². The van der Waals surface area contributed by atoms with Crippen molar-refractivity contribution in [1.29, 1.82) is 0 Å². The van der Waals surface area contributed by atoms with Crippen molar-refractivity contribution in [2.24, 2.45) is 5.73 Å². The van der Waals surface area contributed by atoms with Crippen LogP contribution in [0, 0.1) is 0 Å². The van der Waals surface area contributed by atoms with Crippen LogP contribution < -0.4 is 32.3 Å². The van der Waals surface area contributed by atoms with E-state index in [0.717, 1.165) is 25.7 Å². The number of likely N-dealkylation sites (N-methyl/N-ethyl adjacent to an activating group) is 1. The Bertz CT molecular complexity index is 753. The Kier molecular flexibility index (Phi) is 8.59. The van der Waals surface area contributed by atoms with Gasteiger partial charge in [-0.1, -0.05) is 0 Å². The minimum Gasteiger partial charge on any atom is -0.387 e. The Balaban J connectivity index is 0.996. The largest absolute Gasteiger partial charge is 0.387 e. The number of rotatable bonds is 8. The first kappa shape index (κ1) is 26.4. The van der Waals surface area contributed by atoms with E-state index in [9.17, 15) is 15.0 Å². The number of nitrogens with zero attached hydrogens (tertiary/aromatic N) is 2. The van der Waals surface area contributed by atoms with E-state index in [1.165, 1.54) is 0 Å². The molecule has 206 valence electrons. The van der Waals surface area contributed by atoms with Crippen LogP contribution in [0.3, 0.4) is 0 Å². The predicted molar refractivity (Wildman–Crippen MR) is 128 cm³/mol. The van der Waals surface area contributed by atoms with Crippen molar-refractivity contribution < 1.29 is 29.2 Å². The smallest absolute Gasteiger partial charge is 0.315 e. The number of hydrogen-bond acceptors (Lipinski definition) is 12. The first-order valence-corrected chi connectivity index (χ1v) is 13.1. The van der Waals surface area contributed by atoms with Crippen LogP contribution in [0.5, 0.6) is 0 Å². The summed E-state index contributed by atoms with van der Waals surface area (Å²) in [5.41, 5.74) is 6.14. The highest BCUT2D eigenvalue weighted by atomic mass is 16.7. The third-order valence-electron chi connectivity index (χ3n) is 8.03. The molecule has 0 aromatic carbocycles. The van der Waals surface area contributed by atoms with Gasteiger partial charge in [-0.2, -0.15) is 0 Å². The molecule has 0 spiro atoms. The van der Waals surface area contributed by atoms with Crippen LogP contribution in [-0.2, 0) is 14.2 Å². The molecule has 4 aliphatic heterocycles. The maximum Gasteiger partial charge on any atom is 0.315 e. The zero-order valence-electron chi connectivity index (χ0n) is 20.8. The van der Waals surface area contributed by atoms with E-state index >= 15 is 0 Å². The standard InChI is InChI=1S/C22H42N8O6/c1-29(6-2-5-24-22(33)28-12-3-4-13-14(7-12)35-11-34-13)8-15-17(31)18(32)21(36-15)30-10-27-16-19(23)25-9-26-20(16)30/h12-21,25-27,31-32H,2-11,23H2,1H3,(H2,24,28,33)/t12?,13?,14?,15-,16?,17-,18-,19?,20?,21-/m1/s1. The molecule has 9 N–H and O–H groups in total. The maximum atomic E-state index is 12.3. The second-order valence-corrected chi connectivity index (χ2v) is 10.6. The van der Waals surface area contributed by atoms with Crippen LogP contribution >= 0.6 is 0 Å². The lowest BCUT2D eigenvalue weighted by Gasteiger charge is -2.38. The highest BCUT2D eigenvalue weighted by Gasteiger charge is 2.51. The van der Waals surface area contributed by atoms with Crippen molar-refractivity contribution in [3.63, 3.8) is 0 Å². The Morgan fingerprint density at radius 1 is 1.17 bits per heavy atom. The van der Waals surface area contributed by atoms with Crippen LogP contribution in [0.4, 0.5) is 4.79 Å². The second-order valence-electron chi connectivity index (χ2n) is 10.6. The Labute approximate surface area is 211 Å². The van der Waals surface area contributed by atoms with Gasteiger partial charge in [0.15, 0.2) is 0 Å². The van der Waals surface area contributed by atoms with E-state index < -0.39 is 24.5 Å². The van der Waals surface area contributed by atoms with Gasteiger partial charge in [-0.3, -0.25) is 16.0 Å². The summed E-state index contributed by atoms with van der Waals surface area (Å²) in [6.45, 7) is 3.14. The molecule has 2 amide bonds. The molecule has 0 aromatic rings. The number of carbonyl (C=O) groups is 1. The van der Waals surface area contributed by atoms with Crippen molar-refractivity contribution in [3.05, 3.63) is 0 Å². The maximum absolute atomic E-state index is 12.3. The van der Waals surface area contributed by atoms with Crippen molar-refractivity contribution in [1.82, 2.24) is 36.4 Å². The van der Waals surface area contributed by atoms with Crippen molar-refractivity contribution in [3.8, 4) is 0 Å². The first-order chi connectivity index (χ1) is 17.4. The lowest BCUT2D eigenvalue weighted by Crippen LogP contribution is -2.68. The Morgan fingerprint density at radius 3 is 2.86 bits per heavy atom. The first-order valence-electron chi connectivity index (χ1n) is 13.1. The van der Waals surface area contributed by atoms with E-state index in [-0.39, 0.29) is 42.7 Å². The summed E-state index contributed by atoms with van der Waals surface area (Å²) in [6.07, 6.45) is 0.157. The third kappa shape index (κ3) is 5.78. The number of amides is 2. The van der Waals surface area contributed by atoms with Gasteiger partial charge in [0.25, 0.3) is 0 Å². The summed E-state index contributed by atoms with van der Waals surface area (Å²) in [5, 5.41) is 37.2. The number of aliphatic hydroxyl groups excluding tert-OH is 2. The third-order valence-corrected chi connectivity index (χ3v) is 8.03. The average molecular weight is 515 g/mol. The number of ether oxygens (including phenoxy) is 3. The van der Waals surface area contributed by atoms with Gasteiger partial charge >= 0.3 is 6.03 Å². The van der Waals surface area contributed by atoms with Gasteiger partial charge in [-0.15, -0.1) is 0 Å². The van der Waals surface area contributed by atoms with E-state index in [1.807, 2.05) is 16.8 Å². The number of hydrogen-bond donors (Lipinski definition) is 8. The topological polar surface area (TPSA) is 178 Å². The molecule has 5 rings (SSSR count). The molecule has 4 heterocycles. The fourth-order valence-corrected chi connectivity index (χ4v) is 6.00. The van der Waals surface area contributed by atoms with Crippen molar-refractivity contribution >= 4 is 6.03 Å². The van der Waals surface area contributed by atoms with Gasteiger partial charge in [0, 0.05) is 25.8 Å². The fraction of sp³-hybridized carbons (Fsp3) is 0.955. The van der Waals surface area contributed by atoms with E-state index in [1.54, 1.807) is 0 Å². The molecule has 1 aliphatic carbocycles. The molecule has 6 unspecified atom stereocenters. The fourth-order valence-electron chi connectivity index (χ4n) is 6.00. The van der Waals surface area contributed by atoms with Gasteiger partial charge in [0.1, 0.15) is 31.3 Å². The van der Waals surface area contributed by atoms with Crippen molar-refractivity contribution in [2.45, 2.75) is 86.8 Å². The van der Waals surface area contributed by atoms with Gasteiger partial charge in [0.2, 0.25) is 0 Å². The highest BCUT2D eigenvalue weighted by Crippen LogP contribution is 2.29. The minimum absolute atomic E-state index is 0.0156. The summed E-state index contributed by atoms with van der Waals surface area (Å²) in [5.74, 6) is 0. The molecule has 0 radical (unpaired) electrons. The number of urea groups is 1. The van der Waals surface area contributed by atoms with E-state index in [2.05, 4.69) is 26.6 Å². The highest BCUT2D eigenvalue weighted by molar-refractivity contribution is 5.74. The molecule has 5 aliphatic rings. The Hall–Kier alpha value is -1.17. The quantitative estimate of drug-likeness (QED) is 0.149. The van der Waals surface area contributed by atoms with E-state index in [4.69, 9.17) is 19.9 Å². The molecule has 0 aromatic heterocycles. The zero-order valence-corrected chi connectivity index (χ0v) is 20.8. The number of carbonyl (C=O) groups excluding carboxylic acids is 1. The average Bonchev–Trinajstić information content (AvgIpc) is 3.56. The van der Waals surface area contributed by atoms with Gasteiger partial charge in [-0.25, -0.2) is 9.69 Å². The molecule has 36 heavy (non-hydrogen) atoms.